The number of nitrogens with zero attached hydrogens (tertiary/aromatic N) is 6. The largest absolute Gasteiger partial charge is 0.494 e. The number of benzene rings is 1. The number of rotatable bonds is 9. The quantitative estimate of drug-likeness (QED) is 0.355. The van der Waals surface area contributed by atoms with Crippen molar-refractivity contribution in [2.24, 2.45) is 0 Å². The molecule has 36 heavy (non-hydrogen) atoms. The molecule has 0 aliphatic heterocycles. The van der Waals surface area contributed by atoms with Gasteiger partial charge < -0.3 is 14.8 Å². The van der Waals surface area contributed by atoms with E-state index in [1.807, 2.05) is 6.92 Å². The zero-order valence-corrected chi connectivity index (χ0v) is 20.1. The topological polar surface area (TPSA) is 99.9 Å². The highest BCUT2D eigenvalue weighted by molar-refractivity contribution is 5.64. The molecule has 0 saturated heterocycles. The fourth-order valence-corrected chi connectivity index (χ4v) is 4.11. The predicted molar refractivity (Wildman–Crippen MR) is 128 cm³/mol. The van der Waals surface area contributed by atoms with E-state index in [4.69, 9.17) is 14.6 Å². The number of nitrogens with one attached hydrogen (secondary N) is 1. The van der Waals surface area contributed by atoms with E-state index >= 15 is 0 Å². The minimum atomic E-state index is -0.674. The Labute approximate surface area is 206 Å². The minimum absolute atomic E-state index is 0.0566. The number of hydrogen-bond acceptors (Lipinski definition) is 8. The monoisotopic (exact) mass is 493 g/mol. The van der Waals surface area contributed by atoms with Crippen LogP contribution in [0.1, 0.15) is 42.5 Å². The van der Waals surface area contributed by atoms with Crippen LogP contribution >= 0.6 is 0 Å². The van der Waals surface area contributed by atoms with E-state index in [-0.39, 0.29) is 23.8 Å². The van der Waals surface area contributed by atoms with Gasteiger partial charge in [0.2, 0.25) is 0 Å². The number of halogens is 2. The fourth-order valence-electron chi connectivity index (χ4n) is 4.11. The Bertz CT molecular complexity index is 1370. The Morgan fingerprint density at radius 3 is 2.58 bits per heavy atom. The molecule has 1 aliphatic rings. The molecule has 1 aliphatic carbocycles. The summed E-state index contributed by atoms with van der Waals surface area (Å²) in [5, 5.41) is 7.82. The van der Waals surface area contributed by atoms with Crippen molar-refractivity contribution in [3.05, 3.63) is 65.4 Å². The Balaban J connectivity index is 1.53. The van der Waals surface area contributed by atoms with Gasteiger partial charge in [-0.05, 0) is 32.8 Å². The van der Waals surface area contributed by atoms with Crippen LogP contribution in [0.3, 0.4) is 0 Å². The van der Waals surface area contributed by atoms with Crippen molar-refractivity contribution in [3.63, 3.8) is 0 Å². The highest BCUT2D eigenvalue weighted by Crippen LogP contribution is 2.44. The minimum Gasteiger partial charge on any atom is -0.494 e. The maximum Gasteiger partial charge on any atom is 0.182 e. The van der Waals surface area contributed by atoms with E-state index in [0.29, 0.717) is 35.5 Å². The molecule has 0 bridgehead atoms. The third kappa shape index (κ3) is 4.68. The maximum atomic E-state index is 14.8. The van der Waals surface area contributed by atoms with Gasteiger partial charge in [0.15, 0.2) is 17.4 Å². The molecule has 4 aromatic rings. The number of ether oxygens (including phenoxy) is 2. The normalized spacial score (nSPS) is 13.0. The van der Waals surface area contributed by atoms with Gasteiger partial charge in [-0.2, -0.15) is 5.10 Å². The first-order valence-corrected chi connectivity index (χ1v) is 11.6. The molecule has 1 aromatic carbocycles. The molecule has 1 N–H and O–H groups in total. The lowest BCUT2D eigenvalue weighted by atomic mass is 10.1. The summed E-state index contributed by atoms with van der Waals surface area (Å²) in [6.45, 7) is 3.96. The Morgan fingerprint density at radius 2 is 1.94 bits per heavy atom. The summed E-state index contributed by atoms with van der Waals surface area (Å²) in [5.74, 6) is 0.817. The smallest absolute Gasteiger partial charge is 0.182 e. The van der Waals surface area contributed by atoms with Crippen LogP contribution in [0, 0.1) is 18.6 Å². The molecular weight excluding hydrogens is 468 g/mol. The molecule has 0 unspecified atom stereocenters. The summed E-state index contributed by atoms with van der Waals surface area (Å²) in [6.07, 6.45) is 6.56. The average molecular weight is 494 g/mol. The van der Waals surface area contributed by atoms with Crippen molar-refractivity contribution in [3.8, 4) is 23.0 Å². The van der Waals surface area contributed by atoms with Crippen molar-refractivity contribution in [2.45, 2.75) is 39.2 Å². The number of methoxy groups -OCH3 is 1. The van der Waals surface area contributed by atoms with Crippen LogP contribution in [0.2, 0.25) is 0 Å². The maximum absolute atomic E-state index is 14.8. The summed E-state index contributed by atoms with van der Waals surface area (Å²) in [5.41, 5.74) is 2.28. The van der Waals surface area contributed by atoms with Crippen molar-refractivity contribution in [2.75, 3.05) is 19.0 Å². The Morgan fingerprint density at radius 1 is 1.17 bits per heavy atom. The Hall–Kier alpha value is -4.15. The van der Waals surface area contributed by atoms with Crippen LogP contribution in [-0.2, 0) is 6.54 Å². The van der Waals surface area contributed by atoms with Crippen LogP contribution < -0.4 is 14.8 Å². The molecule has 11 heteroatoms. The van der Waals surface area contributed by atoms with Gasteiger partial charge in [-0.25, -0.2) is 28.7 Å². The van der Waals surface area contributed by atoms with Crippen LogP contribution in [0.4, 0.5) is 20.4 Å². The van der Waals surface area contributed by atoms with Gasteiger partial charge in [-0.15, -0.1) is 0 Å². The lowest BCUT2D eigenvalue weighted by molar-refractivity contribution is 0.335. The van der Waals surface area contributed by atoms with Gasteiger partial charge >= 0.3 is 0 Å². The molecule has 0 amide bonds. The average Bonchev–Trinajstić information content (AvgIpc) is 3.65. The van der Waals surface area contributed by atoms with E-state index in [1.165, 1.54) is 25.6 Å². The van der Waals surface area contributed by atoms with Gasteiger partial charge in [0.25, 0.3) is 0 Å². The van der Waals surface area contributed by atoms with E-state index in [9.17, 15) is 8.78 Å². The first-order valence-electron chi connectivity index (χ1n) is 11.6. The fraction of sp³-hybridized carbons (Fsp3) is 0.320. The molecule has 1 fully saturated rings. The van der Waals surface area contributed by atoms with E-state index in [1.54, 1.807) is 30.1 Å². The summed E-state index contributed by atoms with van der Waals surface area (Å²) in [6, 6.07) is 4.10. The van der Waals surface area contributed by atoms with Gasteiger partial charge in [0, 0.05) is 41.1 Å². The second-order valence-corrected chi connectivity index (χ2v) is 8.42. The molecule has 186 valence electrons. The van der Waals surface area contributed by atoms with Crippen molar-refractivity contribution >= 4 is 11.6 Å². The van der Waals surface area contributed by atoms with Gasteiger partial charge in [0.05, 0.1) is 26.5 Å². The first-order chi connectivity index (χ1) is 17.5. The predicted octanol–water partition coefficient (Wildman–Crippen LogP) is 4.79. The molecule has 1 saturated carbocycles. The van der Waals surface area contributed by atoms with E-state index in [0.717, 1.165) is 24.1 Å². The molecule has 0 radical (unpaired) electrons. The highest BCUT2D eigenvalue weighted by atomic mass is 19.1. The third-order valence-corrected chi connectivity index (χ3v) is 5.95. The van der Waals surface area contributed by atoms with Crippen LogP contribution in [0.5, 0.6) is 11.5 Å². The van der Waals surface area contributed by atoms with Gasteiger partial charge in [0.1, 0.15) is 35.2 Å². The van der Waals surface area contributed by atoms with Crippen molar-refractivity contribution < 1.29 is 18.3 Å². The van der Waals surface area contributed by atoms with Crippen LogP contribution in [0.15, 0.2) is 36.9 Å². The van der Waals surface area contributed by atoms with Gasteiger partial charge in [-0.3, -0.25) is 4.68 Å². The molecule has 3 heterocycles. The lowest BCUT2D eigenvalue weighted by Gasteiger charge is -2.11. The summed E-state index contributed by atoms with van der Waals surface area (Å²) in [4.78, 5) is 17.1. The molecule has 9 nitrogen and oxygen atoms in total. The summed E-state index contributed by atoms with van der Waals surface area (Å²) in [7, 11) is 1.52. The molecule has 5 rings (SSSR count). The van der Waals surface area contributed by atoms with Crippen LogP contribution in [-0.4, -0.2) is 43.4 Å². The lowest BCUT2D eigenvalue weighted by Crippen LogP contribution is -2.10. The SMILES string of the molecule is CCOc1cc(F)c(Cn2nc(-c3ncc(OC)c(Nc4ccncn4)n3)c(C)c2C2CC2)c(F)c1. The second kappa shape index (κ2) is 9.84. The molecule has 0 atom stereocenters. The number of hydrogen-bond donors (Lipinski definition) is 1. The highest BCUT2D eigenvalue weighted by Gasteiger charge is 2.32. The third-order valence-electron chi connectivity index (χ3n) is 5.95. The summed E-state index contributed by atoms with van der Waals surface area (Å²) < 4.78 is 42.0. The van der Waals surface area contributed by atoms with Crippen molar-refractivity contribution in [1.29, 1.82) is 0 Å². The summed E-state index contributed by atoms with van der Waals surface area (Å²) >= 11 is 0. The van der Waals surface area contributed by atoms with Crippen molar-refractivity contribution in [1.82, 2.24) is 29.7 Å². The first kappa shape index (κ1) is 23.6. The number of anilines is 2. The second-order valence-electron chi connectivity index (χ2n) is 8.42. The van der Waals surface area contributed by atoms with E-state index in [2.05, 4.69) is 25.3 Å². The van der Waals surface area contributed by atoms with E-state index < -0.39 is 11.6 Å². The van der Waals surface area contributed by atoms with Gasteiger partial charge in [-0.1, -0.05) is 0 Å². The zero-order chi connectivity index (χ0) is 25.2. The standard InChI is InChI=1S/C25H25F2N7O2/c1-4-36-16-9-18(26)17(19(27)10-16)12-34-23(15-5-6-15)14(2)22(33-34)25-29-11-20(35-3)24(32-25)31-21-7-8-28-13-30-21/h7-11,13,15H,4-6,12H2,1-3H3,(H,28,29,30,31,32). The Kier molecular flexibility index (Phi) is 6.45. The zero-order valence-electron chi connectivity index (χ0n) is 20.1. The number of aromatic nitrogens is 6. The molecule has 0 spiro atoms. The van der Waals surface area contributed by atoms with Crippen LogP contribution in [0.25, 0.3) is 11.5 Å². The molecule has 3 aromatic heterocycles. The molecular formula is C25H25F2N7O2.